The van der Waals surface area contributed by atoms with Gasteiger partial charge in [-0.3, -0.25) is 4.79 Å². The Kier molecular flexibility index (Phi) is 5.73. The SMILES string of the molecule is NC(=O)c1c(Br)[nH]c2c1c(N)nc(=O)n2[C@H]1O[C@@H](COC(=O)c2ccccc2)[C@H](O)[C@H]1O. The third-order valence-corrected chi connectivity index (χ3v) is 5.67. The quantitative estimate of drug-likeness (QED) is 0.286. The molecule has 3 aromatic rings. The molecule has 1 aliphatic heterocycles. The highest BCUT2D eigenvalue weighted by Gasteiger charge is 2.45. The van der Waals surface area contributed by atoms with Crippen LogP contribution in [0.3, 0.4) is 0 Å². The number of primary amides is 1. The number of nitrogens with one attached hydrogen (secondary N) is 1. The van der Waals surface area contributed by atoms with Crippen LogP contribution in [0, 0.1) is 0 Å². The lowest BCUT2D eigenvalue weighted by Gasteiger charge is -2.18. The van der Waals surface area contributed by atoms with E-state index in [1.807, 2.05) is 0 Å². The van der Waals surface area contributed by atoms with Crippen LogP contribution < -0.4 is 17.2 Å². The molecule has 0 bridgehead atoms. The van der Waals surface area contributed by atoms with Gasteiger partial charge >= 0.3 is 11.7 Å². The molecule has 1 amide bonds. The second-order valence-electron chi connectivity index (χ2n) is 7.06. The molecule has 4 atom stereocenters. The first-order valence-electron chi connectivity index (χ1n) is 9.33. The lowest BCUT2D eigenvalue weighted by atomic mass is 10.1. The van der Waals surface area contributed by atoms with Crippen LogP contribution in [-0.2, 0) is 9.47 Å². The molecule has 1 fully saturated rings. The Balaban J connectivity index is 1.65. The summed E-state index contributed by atoms with van der Waals surface area (Å²) in [7, 11) is 0. The number of carbonyl (C=O) groups is 2. The van der Waals surface area contributed by atoms with Gasteiger partial charge in [0.25, 0.3) is 5.91 Å². The Hall–Kier alpha value is -3.26. The molecule has 0 unspecified atom stereocenters. The Morgan fingerprint density at radius 3 is 2.59 bits per heavy atom. The molecule has 4 rings (SSSR count). The predicted molar refractivity (Wildman–Crippen MR) is 114 cm³/mol. The Morgan fingerprint density at radius 2 is 1.94 bits per heavy atom. The van der Waals surface area contributed by atoms with Crippen LogP contribution in [0.1, 0.15) is 26.9 Å². The number of halogens is 1. The standard InChI is InChI=1S/C19H18BrN5O7/c20-13-9(15(22)28)10-14(21)24-19(30)25(16(10)23-13)17-12(27)11(26)8(32-17)6-31-18(29)7-4-2-1-3-5-7/h1-5,8,11-12,17,23,26-27H,6H2,(H2,22,28)(H2,21,24,30)/t8-,11-,12+,17-/m0/s1. The van der Waals surface area contributed by atoms with E-state index in [-0.39, 0.29) is 33.6 Å². The molecular weight excluding hydrogens is 490 g/mol. The zero-order valence-corrected chi connectivity index (χ0v) is 17.9. The molecule has 1 saturated heterocycles. The van der Waals surface area contributed by atoms with Crippen molar-refractivity contribution in [2.24, 2.45) is 5.73 Å². The Morgan fingerprint density at radius 1 is 1.25 bits per heavy atom. The minimum Gasteiger partial charge on any atom is -0.459 e. The van der Waals surface area contributed by atoms with Crippen LogP contribution in [0.25, 0.3) is 11.0 Å². The van der Waals surface area contributed by atoms with Gasteiger partial charge in [-0.2, -0.15) is 4.98 Å². The number of rotatable bonds is 5. The summed E-state index contributed by atoms with van der Waals surface area (Å²) in [5.74, 6) is -1.73. The highest BCUT2D eigenvalue weighted by molar-refractivity contribution is 9.10. The predicted octanol–water partition coefficient (Wildman–Crippen LogP) is -0.356. The van der Waals surface area contributed by atoms with E-state index < -0.39 is 42.1 Å². The summed E-state index contributed by atoms with van der Waals surface area (Å²) in [5.41, 5.74) is 10.6. The van der Waals surface area contributed by atoms with Gasteiger partial charge in [-0.05, 0) is 28.1 Å². The van der Waals surface area contributed by atoms with Gasteiger partial charge in [-0.1, -0.05) is 18.2 Å². The number of nitrogens with zero attached hydrogens (tertiary/aromatic N) is 2. The summed E-state index contributed by atoms with van der Waals surface area (Å²) in [6.07, 6.45) is -5.63. The van der Waals surface area contributed by atoms with Crippen LogP contribution in [0.5, 0.6) is 0 Å². The highest BCUT2D eigenvalue weighted by atomic mass is 79.9. The first kappa shape index (κ1) is 22.0. The number of nitrogens with two attached hydrogens (primary N) is 2. The summed E-state index contributed by atoms with van der Waals surface area (Å²) in [4.78, 5) is 43.0. The van der Waals surface area contributed by atoms with Crippen molar-refractivity contribution in [3.05, 3.63) is 56.5 Å². The molecule has 0 spiro atoms. The average Bonchev–Trinajstić information content (AvgIpc) is 3.24. The first-order valence-corrected chi connectivity index (χ1v) is 10.1. The molecule has 168 valence electrons. The Bertz CT molecular complexity index is 1260. The molecule has 7 N–H and O–H groups in total. The number of nitrogen functional groups attached to an aromatic ring is 1. The molecule has 12 nitrogen and oxygen atoms in total. The van der Waals surface area contributed by atoms with Gasteiger partial charge in [-0.25, -0.2) is 14.2 Å². The Labute approximate surface area is 187 Å². The molecule has 3 heterocycles. The number of benzene rings is 1. The van der Waals surface area contributed by atoms with Crippen molar-refractivity contribution in [2.45, 2.75) is 24.5 Å². The molecule has 13 heteroatoms. The fourth-order valence-electron chi connectivity index (χ4n) is 3.56. The summed E-state index contributed by atoms with van der Waals surface area (Å²) in [6.45, 7) is -0.385. The second kappa shape index (κ2) is 8.35. The third-order valence-electron chi connectivity index (χ3n) is 5.08. The van der Waals surface area contributed by atoms with E-state index in [9.17, 15) is 24.6 Å². The highest BCUT2D eigenvalue weighted by Crippen LogP contribution is 2.34. The first-order chi connectivity index (χ1) is 15.2. The molecule has 32 heavy (non-hydrogen) atoms. The lowest BCUT2D eigenvalue weighted by molar-refractivity contribution is -0.0581. The lowest BCUT2D eigenvalue weighted by Crippen LogP contribution is -2.37. The number of amides is 1. The minimum absolute atomic E-state index is 0.00125. The maximum atomic E-state index is 12.6. The number of hydrogen-bond acceptors (Lipinski definition) is 9. The summed E-state index contributed by atoms with van der Waals surface area (Å²) < 4.78 is 11.9. The normalized spacial score (nSPS) is 22.8. The maximum Gasteiger partial charge on any atom is 0.353 e. The monoisotopic (exact) mass is 507 g/mol. The summed E-state index contributed by atoms with van der Waals surface area (Å²) in [6, 6.07) is 8.18. The average molecular weight is 508 g/mol. The van der Waals surface area contributed by atoms with Crippen LogP contribution in [-0.4, -0.2) is 61.5 Å². The van der Waals surface area contributed by atoms with Crippen LogP contribution in [0.15, 0.2) is 39.7 Å². The largest absolute Gasteiger partial charge is 0.459 e. The van der Waals surface area contributed by atoms with E-state index >= 15 is 0 Å². The zero-order valence-electron chi connectivity index (χ0n) is 16.3. The molecule has 2 aromatic heterocycles. The van der Waals surface area contributed by atoms with Crippen LogP contribution in [0.2, 0.25) is 0 Å². The van der Waals surface area contributed by atoms with Crippen molar-refractivity contribution < 1.29 is 29.3 Å². The number of H-pyrrole nitrogens is 1. The summed E-state index contributed by atoms with van der Waals surface area (Å²) >= 11 is 3.15. The third kappa shape index (κ3) is 3.64. The molecule has 0 saturated carbocycles. The maximum absolute atomic E-state index is 12.6. The molecular formula is C19H18BrN5O7. The van der Waals surface area contributed by atoms with Gasteiger partial charge in [0, 0.05) is 0 Å². The number of anilines is 1. The van der Waals surface area contributed by atoms with E-state index in [2.05, 4.69) is 25.9 Å². The molecule has 1 aliphatic rings. The van der Waals surface area contributed by atoms with Gasteiger partial charge in [0.05, 0.1) is 21.1 Å². The van der Waals surface area contributed by atoms with E-state index in [1.54, 1.807) is 30.3 Å². The number of aromatic nitrogens is 3. The fourth-order valence-corrected chi connectivity index (χ4v) is 4.14. The summed E-state index contributed by atoms with van der Waals surface area (Å²) in [5, 5.41) is 21.0. The smallest absolute Gasteiger partial charge is 0.353 e. The number of aliphatic hydroxyl groups is 2. The van der Waals surface area contributed by atoms with Crippen molar-refractivity contribution in [2.75, 3.05) is 12.3 Å². The van der Waals surface area contributed by atoms with Crippen molar-refractivity contribution in [1.29, 1.82) is 0 Å². The van der Waals surface area contributed by atoms with Gasteiger partial charge in [0.1, 0.15) is 36.4 Å². The number of esters is 1. The van der Waals surface area contributed by atoms with E-state index in [1.165, 1.54) is 0 Å². The number of carbonyl (C=O) groups excluding carboxylic acids is 2. The van der Waals surface area contributed by atoms with Crippen LogP contribution in [0.4, 0.5) is 5.82 Å². The number of fused-ring (bicyclic) bond motifs is 1. The van der Waals surface area contributed by atoms with E-state index in [0.29, 0.717) is 5.56 Å². The van der Waals surface area contributed by atoms with Crippen molar-refractivity contribution in [3.63, 3.8) is 0 Å². The van der Waals surface area contributed by atoms with Crippen LogP contribution >= 0.6 is 15.9 Å². The molecule has 0 radical (unpaired) electrons. The zero-order chi connectivity index (χ0) is 23.2. The van der Waals surface area contributed by atoms with Gasteiger partial charge in [0.2, 0.25) is 0 Å². The van der Waals surface area contributed by atoms with Gasteiger partial charge in [0.15, 0.2) is 6.23 Å². The molecule has 0 aliphatic carbocycles. The second-order valence-corrected chi connectivity index (χ2v) is 7.86. The number of ether oxygens (including phenoxy) is 2. The topological polar surface area (TPSA) is 196 Å². The number of aliphatic hydroxyl groups excluding tert-OH is 2. The van der Waals surface area contributed by atoms with Crippen molar-refractivity contribution in [1.82, 2.24) is 14.5 Å². The van der Waals surface area contributed by atoms with Crippen molar-refractivity contribution >= 4 is 44.7 Å². The minimum atomic E-state index is -1.58. The van der Waals surface area contributed by atoms with Gasteiger partial charge in [-0.15, -0.1) is 0 Å². The number of hydrogen-bond donors (Lipinski definition) is 5. The van der Waals surface area contributed by atoms with Crippen molar-refractivity contribution in [3.8, 4) is 0 Å². The number of aromatic amines is 1. The van der Waals surface area contributed by atoms with Gasteiger partial charge < -0.3 is 36.1 Å². The van der Waals surface area contributed by atoms with E-state index in [4.69, 9.17) is 20.9 Å². The van der Waals surface area contributed by atoms with E-state index in [0.717, 1.165) is 4.57 Å². The fraction of sp³-hybridized carbons (Fsp3) is 0.263. The molecule has 1 aromatic carbocycles.